The highest BCUT2D eigenvalue weighted by molar-refractivity contribution is 5.43. The van der Waals surface area contributed by atoms with Crippen LogP contribution in [0.1, 0.15) is 70.1 Å². The van der Waals surface area contributed by atoms with Crippen molar-refractivity contribution in [2.45, 2.75) is 96.7 Å². The lowest BCUT2D eigenvalue weighted by Crippen LogP contribution is -2.45. The van der Waals surface area contributed by atoms with E-state index in [1.807, 2.05) is 27.7 Å². The molecule has 0 amide bonds. The van der Waals surface area contributed by atoms with Crippen molar-refractivity contribution in [2.75, 3.05) is 13.1 Å². The number of phenolic OH excluding ortho intramolecular Hbond substituents is 1. The minimum Gasteiger partial charge on any atom is -0.507 e. The predicted octanol–water partition coefficient (Wildman–Crippen LogP) is 3.17. The average molecular weight is 391 g/mol. The largest absolute Gasteiger partial charge is 0.507 e. The third-order valence-corrected chi connectivity index (χ3v) is 6.52. The molecule has 3 N–H and O–H groups in total. The number of likely N-dealkylation sites (tertiary alicyclic amines) is 2. The van der Waals surface area contributed by atoms with Crippen LogP contribution in [0, 0.1) is 6.92 Å². The van der Waals surface area contributed by atoms with E-state index in [2.05, 4.69) is 28.9 Å². The Morgan fingerprint density at radius 2 is 1.25 bits per heavy atom. The van der Waals surface area contributed by atoms with E-state index >= 15 is 0 Å². The minimum atomic E-state index is -0.742. The van der Waals surface area contributed by atoms with E-state index in [0.717, 1.165) is 55.5 Å². The Balaban J connectivity index is 1.81. The van der Waals surface area contributed by atoms with E-state index in [0.29, 0.717) is 18.8 Å². The molecule has 5 heteroatoms. The Morgan fingerprint density at radius 1 is 0.857 bits per heavy atom. The summed E-state index contributed by atoms with van der Waals surface area (Å²) in [5.41, 5.74) is 1.53. The first-order valence-electron chi connectivity index (χ1n) is 10.7. The lowest BCUT2D eigenvalue weighted by atomic mass is 9.95. The molecular formula is C23H38N2O3. The minimum absolute atomic E-state index is 0.119. The summed E-state index contributed by atoms with van der Waals surface area (Å²) in [5.74, 6) is 0.369. The fraction of sp³-hybridized carbons (Fsp3) is 0.739. The highest BCUT2D eigenvalue weighted by Crippen LogP contribution is 2.34. The number of phenols is 1. The molecule has 2 aliphatic heterocycles. The molecule has 28 heavy (non-hydrogen) atoms. The van der Waals surface area contributed by atoms with E-state index in [1.54, 1.807) is 0 Å². The molecule has 1 aromatic carbocycles. The Hall–Kier alpha value is -1.14. The third kappa shape index (κ3) is 4.70. The summed E-state index contributed by atoms with van der Waals surface area (Å²) in [6.45, 7) is 12.8. The number of nitrogens with zero attached hydrogens (tertiary/aromatic N) is 2. The highest BCUT2D eigenvalue weighted by atomic mass is 16.3. The molecule has 0 saturated carbocycles. The summed E-state index contributed by atoms with van der Waals surface area (Å²) < 4.78 is 0. The number of aryl methyl sites for hydroxylation is 1. The average Bonchev–Trinajstić information content (AvgIpc) is 3.19. The van der Waals surface area contributed by atoms with Crippen LogP contribution < -0.4 is 0 Å². The molecular weight excluding hydrogens is 352 g/mol. The van der Waals surface area contributed by atoms with Gasteiger partial charge in [0.15, 0.2) is 0 Å². The van der Waals surface area contributed by atoms with Gasteiger partial charge < -0.3 is 15.3 Å². The van der Waals surface area contributed by atoms with E-state index < -0.39 is 11.2 Å². The van der Waals surface area contributed by atoms with Crippen molar-refractivity contribution >= 4 is 0 Å². The summed E-state index contributed by atoms with van der Waals surface area (Å²) in [6.07, 6.45) is 4.14. The second-order valence-corrected chi connectivity index (χ2v) is 10.00. The van der Waals surface area contributed by atoms with E-state index in [-0.39, 0.29) is 12.1 Å². The number of hydrogen-bond donors (Lipinski definition) is 3. The van der Waals surface area contributed by atoms with Gasteiger partial charge in [-0.25, -0.2) is 0 Å². The summed E-state index contributed by atoms with van der Waals surface area (Å²) in [5, 5.41) is 32.0. The zero-order valence-corrected chi connectivity index (χ0v) is 18.2. The fourth-order valence-corrected chi connectivity index (χ4v) is 5.24. The molecule has 2 aliphatic rings. The summed E-state index contributed by atoms with van der Waals surface area (Å²) in [6, 6.07) is 4.37. The van der Waals surface area contributed by atoms with Crippen molar-refractivity contribution in [3.8, 4) is 5.75 Å². The Morgan fingerprint density at radius 3 is 1.61 bits per heavy atom. The topological polar surface area (TPSA) is 67.2 Å². The van der Waals surface area contributed by atoms with Crippen LogP contribution in [0.4, 0.5) is 0 Å². The Bertz CT molecular complexity index is 635. The van der Waals surface area contributed by atoms with Gasteiger partial charge >= 0.3 is 0 Å². The predicted molar refractivity (Wildman–Crippen MR) is 112 cm³/mol. The van der Waals surface area contributed by atoms with Gasteiger partial charge in [0.25, 0.3) is 0 Å². The van der Waals surface area contributed by atoms with Crippen molar-refractivity contribution in [1.82, 2.24) is 9.80 Å². The molecule has 5 nitrogen and oxygen atoms in total. The monoisotopic (exact) mass is 390 g/mol. The van der Waals surface area contributed by atoms with Gasteiger partial charge in [0.2, 0.25) is 0 Å². The van der Waals surface area contributed by atoms with Gasteiger partial charge in [0.05, 0.1) is 11.2 Å². The van der Waals surface area contributed by atoms with Crippen molar-refractivity contribution in [2.24, 2.45) is 0 Å². The standard InChI is InChI=1S/C23H38N2O3/c1-16-12-17(14-24-10-6-8-19(24)22(2,3)27)21(26)18(13-16)15-25-11-7-9-20(25)23(4,5)28/h12-13,19-20,26-28H,6-11,14-15H2,1-5H3/t19-,20-/m0/s1. The lowest BCUT2D eigenvalue weighted by molar-refractivity contribution is -0.00562. The van der Waals surface area contributed by atoms with E-state index in [9.17, 15) is 15.3 Å². The van der Waals surface area contributed by atoms with Crippen LogP contribution in [0.25, 0.3) is 0 Å². The molecule has 3 rings (SSSR count). The third-order valence-electron chi connectivity index (χ3n) is 6.52. The molecule has 0 spiro atoms. The molecule has 0 aliphatic carbocycles. The van der Waals surface area contributed by atoms with Crippen LogP contribution >= 0.6 is 0 Å². The maximum Gasteiger partial charge on any atom is 0.124 e. The van der Waals surface area contributed by atoms with Crippen LogP contribution in [0.5, 0.6) is 5.75 Å². The first-order valence-corrected chi connectivity index (χ1v) is 10.7. The van der Waals surface area contributed by atoms with Crippen LogP contribution in [-0.2, 0) is 13.1 Å². The molecule has 2 heterocycles. The SMILES string of the molecule is Cc1cc(CN2CCC[C@H]2C(C)(C)O)c(O)c(CN2CCC[C@H]2C(C)(C)O)c1. The van der Waals surface area contributed by atoms with Crippen LogP contribution in [0.15, 0.2) is 12.1 Å². The van der Waals surface area contributed by atoms with Crippen LogP contribution in [0.3, 0.4) is 0 Å². The molecule has 1 aromatic rings. The summed E-state index contributed by atoms with van der Waals surface area (Å²) >= 11 is 0. The van der Waals surface area contributed by atoms with Gasteiger partial charge in [-0.15, -0.1) is 0 Å². The normalized spacial score (nSPS) is 25.0. The zero-order chi connectivity index (χ0) is 20.7. The van der Waals surface area contributed by atoms with Gasteiger partial charge in [-0.05, 0) is 73.4 Å². The summed E-state index contributed by atoms with van der Waals surface area (Å²) in [7, 11) is 0. The maximum atomic E-state index is 11.0. The molecule has 0 unspecified atom stereocenters. The van der Waals surface area contributed by atoms with Gasteiger partial charge in [-0.2, -0.15) is 0 Å². The molecule has 158 valence electrons. The van der Waals surface area contributed by atoms with Crippen molar-refractivity contribution in [3.05, 3.63) is 28.8 Å². The molecule has 0 radical (unpaired) electrons. The smallest absolute Gasteiger partial charge is 0.124 e. The Labute approximate surface area is 170 Å². The van der Waals surface area contributed by atoms with Crippen LogP contribution in [-0.4, -0.2) is 61.5 Å². The van der Waals surface area contributed by atoms with Crippen molar-refractivity contribution in [3.63, 3.8) is 0 Å². The van der Waals surface area contributed by atoms with Gasteiger partial charge in [0, 0.05) is 36.3 Å². The number of aliphatic hydroxyl groups is 2. The quantitative estimate of drug-likeness (QED) is 0.696. The van der Waals surface area contributed by atoms with Crippen molar-refractivity contribution in [1.29, 1.82) is 0 Å². The van der Waals surface area contributed by atoms with Crippen molar-refractivity contribution < 1.29 is 15.3 Å². The first kappa shape index (κ1) is 21.6. The number of benzene rings is 1. The van der Waals surface area contributed by atoms with Gasteiger partial charge in [-0.3, -0.25) is 9.80 Å². The molecule has 2 fully saturated rings. The van der Waals surface area contributed by atoms with Gasteiger partial charge in [-0.1, -0.05) is 17.7 Å². The number of aromatic hydroxyl groups is 1. The number of rotatable bonds is 6. The zero-order valence-electron chi connectivity index (χ0n) is 18.2. The van der Waals surface area contributed by atoms with E-state index in [4.69, 9.17) is 0 Å². The van der Waals surface area contributed by atoms with E-state index in [1.165, 1.54) is 0 Å². The highest BCUT2D eigenvalue weighted by Gasteiger charge is 2.37. The van der Waals surface area contributed by atoms with Crippen LogP contribution in [0.2, 0.25) is 0 Å². The molecule has 2 saturated heterocycles. The maximum absolute atomic E-state index is 11.0. The first-order chi connectivity index (χ1) is 13.0. The molecule has 0 bridgehead atoms. The fourth-order valence-electron chi connectivity index (χ4n) is 5.24. The summed E-state index contributed by atoms with van der Waals surface area (Å²) in [4.78, 5) is 4.60. The van der Waals surface area contributed by atoms with Gasteiger partial charge in [0.1, 0.15) is 5.75 Å². The molecule has 0 aromatic heterocycles. The molecule has 2 atom stereocenters. The lowest BCUT2D eigenvalue weighted by Gasteiger charge is -2.35. The Kier molecular flexibility index (Phi) is 6.12. The second kappa shape index (κ2) is 7.94. The number of hydrogen-bond acceptors (Lipinski definition) is 5. The second-order valence-electron chi connectivity index (χ2n) is 10.00.